The quantitative estimate of drug-likeness (QED) is 0.541. The van der Waals surface area contributed by atoms with Gasteiger partial charge < -0.3 is 9.84 Å². The second kappa shape index (κ2) is 7.68. The summed E-state index contributed by atoms with van der Waals surface area (Å²) in [5, 5.41) is 16.2. The van der Waals surface area contributed by atoms with Crippen LogP contribution in [0, 0.1) is 0 Å². The van der Waals surface area contributed by atoms with Crippen molar-refractivity contribution >= 4 is 34.5 Å². The fourth-order valence-electron chi connectivity index (χ4n) is 2.33. The summed E-state index contributed by atoms with van der Waals surface area (Å²) in [6.07, 6.45) is 1.41. The minimum atomic E-state index is -0.420. The molecule has 0 aliphatic carbocycles. The van der Waals surface area contributed by atoms with Gasteiger partial charge in [-0.1, -0.05) is 48.0 Å². The van der Waals surface area contributed by atoms with Gasteiger partial charge in [-0.25, -0.2) is 5.43 Å². The standard InChI is InChI=1S/C19H15ClN2O3/c20-14-5-3-6-15(10-14)25-12-19(24)22-21-11-17-16-7-2-1-4-13(16)8-9-18(17)23/h1-11,23H,12H2,(H,22,24). The summed E-state index contributed by atoms with van der Waals surface area (Å²) in [6.45, 7) is -0.195. The Kier molecular flexibility index (Phi) is 5.16. The molecule has 0 aliphatic rings. The first-order valence-corrected chi connectivity index (χ1v) is 7.92. The minimum Gasteiger partial charge on any atom is -0.507 e. The Bertz CT molecular complexity index is 941. The lowest BCUT2D eigenvalue weighted by atomic mass is 10.0. The fraction of sp³-hybridized carbons (Fsp3) is 0.0526. The molecule has 0 fully saturated rings. The van der Waals surface area contributed by atoms with E-state index in [2.05, 4.69) is 10.5 Å². The number of benzene rings is 3. The molecule has 0 saturated carbocycles. The highest BCUT2D eigenvalue weighted by Crippen LogP contribution is 2.25. The molecule has 2 N–H and O–H groups in total. The summed E-state index contributed by atoms with van der Waals surface area (Å²) in [6, 6.07) is 17.8. The Labute approximate surface area is 149 Å². The van der Waals surface area contributed by atoms with Gasteiger partial charge in [-0.15, -0.1) is 0 Å². The molecule has 0 aliphatic heterocycles. The number of hydrogen-bond acceptors (Lipinski definition) is 4. The number of carbonyl (C=O) groups is 1. The monoisotopic (exact) mass is 354 g/mol. The highest BCUT2D eigenvalue weighted by atomic mass is 35.5. The largest absolute Gasteiger partial charge is 0.507 e. The minimum absolute atomic E-state index is 0.0897. The average Bonchev–Trinajstić information content (AvgIpc) is 2.62. The van der Waals surface area contributed by atoms with Crippen LogP contribution in [-0.4, -0.2) is 23.8 Å². The van der Waals surface area contributed by atoms with Crippen molar-refractivity contribution in [2.75, 3.05) is 6.61 Å². The summed E-state index contributed by atoms with van der Waals surface area (Å²) in [5.74, 6) is 0.168. The predicted octanol–water partition coefficient (Wildman–Crippen LogP) is 3.73. The van der Waals surface area contributed by atoms with Gasteiger partial charge >= 0.3 is 0 Å². The van der Waals surface area contributed by atoms with Gasteiger partial charge in [0.1, 0.15) is 11.5 Å². The zero-order valence-electron chi connectivity index (χ0n) is 13.1. The van der Waals surface area contributed by atoms with Crippen molar-refractivity contribution in [3.05, 3.63) is 71.2 Å². The van der Waals surface area contributed by atoms with Crippen molar-refractivity contribution in [2.24, 2.45) is 5.10 Å². The molecule has 1 amide bonds. The van der Waals surface area contributed by atoms with E-state index in [0.717, 1.165) is 10.8 Å². The number of fused-ring (bicyclic) bond motifs is 1. The number of halogens is 1. The third-order valence-electron chi connectivity index (χ3n) is 3.50. The SMILES string of the molecule is O=C(COc1cccc(Cl)c1)NN=Cc1c(O)ccc2ccccc12. The van der Waals surface area contributed by atoms with Gasteiger partial charge in [-0.05, 0) is 35.0 Å². The molecule has 0 atom stereocenters. The topological polar surface area (TPSA) is 70.9 Å². The molecular formula is C19H15ClN2O3. The van der Waals surface area contributed by atoms with E-state index >= 15 is 0 Å². The first-order chi connectivity index (χ1) is 12.1. The van der Waals surface area contributed by atoms with Gasteiger partial charge in [0.25, 0.3) is 5.91 Å². The summed E-state index contributed by atoms with van der Waals surface area (Å²) in [4.78, 5) is 11.8. The maximum atomic E-state index is 11.8. The fourth-order valence-corrected chi connectivity index (χ4v) is 2.51. The molecule has 3 aromatic carbocycles. The number of amides is 1. The number of phenolic OH excluding ortho intramolecular Hbond substituents is 1. The van der Waals surface area contributed by atoms with Gasteiger partial charge in [-0.3, -0.25) is 4.79 Å². The van der Waals surface area contributed by atoms with E-state index in [0.29, 0.717) is 16.3 Å². The van der Waals surface area contributed by atoms with Gasteiger partial charge in [0.2, 0.25) is 0 Å². The Morgan fingerprint density at radius 1 is 1.16 bits per heavy atom. The summed E-state index contributed by atoms with van der Waals surface area (Å²) in [5.41, 5.74) is 2.91. The molecule has 5 nitrogen and oxygen atoms in total. The Morgan fingerprint density at radius 3 is 2.84 bits per heavy atom. The van der Waals surface area contributed by atoms with Gasteiger partial charge in [0.05, 0.1) is 6.21 Å². The van der Waals surface area contributed by atoms with E-state index in [9.17, 15) is 9.90 Å². The van der Waals surface area contributed by atoms with Gasteiger partial charge in [0, 0.05) is 10.6 Å². The molecule has 0 heterocycles. The number of nitrogens with one attached hydrogen (secondary N) is 1. The Morgan fingerprint density at radius 2 is 2.00 bits per heavy atom. The van der Waals surface area contributed by atoms with Crippen molar-refractivity contribution < 1.29 is 14.6 Å². The normalized spacial score (nSPS) is 10.9. The molecule has 25 heavy (non-hydrogen) atoms. The van der Waals surface area contributed by atoms with Crippen LogP contribution in [0.3, 0.4) is 0 Å². The van der Waals surface area contributed by atoms with E-state index in [1.54, 1.807) is 30.3 Å². The van der Waals surface area contributed by atoms with Crippen LogP contribution in [-0.2, 0) is 4.79 Å². The first kappa shape index (κ1) is 16.8. The zero-order chi connectivity index (χ0) is 17.6. The molecule has 3 rings (SSSR count). The molecule has 0 spiro atoms. The third kappa shape index (κ3) is 4.28. The van der Waals surface area contributed by atoms with E-state index < -0.39 is 5.91 Å². The number of aromatic hydroxyl groups is 1. The molecule has 0 unspecified atom stereocenters. The highest BCUT2D eigenvalue weighted by molar-refractivity contribution is 6.30. The van der Waals surface area contributed by atoms with Crippen LogP contribution in [0.5, 0.6) is 11.5 Å². The maximum Gasteiger partial charge on any atom is 0.277 e. The highest BCUT2D eigenvalue weighted by Gasteiger charge is 2.05. The number of hydrogen-bond donors (Lipinski definition) is 2. The van der Waals surface area contributed by atoms with E-state index in [-0.39, 0.29) is 12.4 Å². The molecular weight excluding hydrogens is 340 g/mol. The molecule has 0 bridgehead atoms. The van der Waals surface area contributed by atoms with Gasteiger partial charge in [0.15, 0.2) is 6.61 Å². The molecule has 3 aromatic rings. The van der Waals surface area contributed by atoms with Crippen molar-refractivity contribution in [3.8, 4) is 11.5 Å². The van der Waals surface area contributed by atoms with Crippen molar-refractivity contribution in [2.45, 2.75) is 0 Å². The maximum absolute atomic E-state index is 11.8. The number of rotatable bonds is 5. The zero-order valence-corrected chi connectivity index (χ0v) is 13.9. The molecule has 126 valence electrons. The van der Waals surface area contributed by atoms with E-state index in [1.807, 2.05) is 30.3 Å². The van der Waals surface area contributed by atoms with Crippen LogP contribution in [0.2, 0.25) is 5.02 Å². The molecule has 0 saturated heterocycles. The van der Waals surface area contributed by atoms with Crippen LogP contribution >= 0.6 is 11.6 Å². The summed E-state index contributed by atoms with van der Waals surface area (Å²) in [7, 11) is 0. The number of ether oxygens (including phenoxy) is 1. The van der Waals surface area contributed by atoms with Crippen LogP contribution in [0.15, 0.2) is 65.8 Å². The lowest BCUT2D eigenvalue weighted by Crippen LogP contribution is -2.24. The predicted molar refractivity (Wildman–Crippen MR) is 98.3 cm³/mol. The van der Waals surface area contributed by atoms with Crippen molar-refractivity contribution in [1.29, 1.82) is 0 Å². The second-order valence-electron chi connectivity index (χ2n) is 5.26. The number of phenols is 1. The van der Waals surface area contributed by atoms with Crippen LogP contribution in [0.25, 0.3) is 10.8 Å². The van der Waals surface area contributed by atoms with Crippen molar-refractivity contribution in [1.82, 2.24) is 5.43 Å². The van der Waals surface area contributed by atoms with Crippen LogP contribution in [0.1, 0.15) is 5.56 Å². The lowest BCUT2D eigenvalue weighted by Gasteiger charge is -2.06. The summed E-state index contributed by atoms with van der Waals surface area (Å²) >= 11 is 5.85. The molecule has 6 heteroatoms. The van der Waals surface area contributed by atoms with Crippen LogP contribution in [0.4, 0.5) is 0 Å². The summed E-state index contributed by atoms with van der Waals surface area (Å²) < 4.78 is 5.33. The Hall–Kier alpha value is -3.05. The van der Waals surface area contributed by atoms with Gasteiger partial charge in [-0.2, -0.15) is 5.10 Å². The number of hydrazone groups is 1. The van der Waals surface area contributed by atoms with E-state index in [1.165, 1.54) is 6.21 Å². The van der Waals surface area contributed by atoms with E-state index in [4.69, 9.17) is 16.3 Å². The van der Waals surface area contributed by atoms with Crippen molar-refractivity contribution in [3.63, 3.8) is 0 Å². The lowest BCUT2D eigenvalue weighted by molar-refractivity contribution is -0.123. The van der Waals surface area contributed by atoms with Crippen LogP contribution < -0.4 is 10.2 Å². The number of carbonyl (C=O) groups excluding carboxylic acids is 1. The third-order valence-corrected chi connectivity index (χ3v) is 3.73. The average molecular weight is 355 g/mol. The Balaban J connectivity index is 1.63. The number of nitrogens with zero attached hydrogens (tertiary/aromatic N) is 1. The molecule has 0 aromatic heterocycles. The first-order valence-electron chi connectivity index (χ1n) is 7.54. The smallest absolute Gasteiger partial charge is 0.277 e. The molecule has 0 radical (unpaired) electrons. The second-order valence-corrected chi connectivity index (χ2v) is 5.70.